The van der Waals surface area contributed by atoms with Crippen LogP contribution in [0.3, 0.4) is 0 Å². The van der Waals surface area contributed by atoms with E-state index >= 15 is 0 Å². The van der Waals surface area contributed by atoms with E-state index in [-0.39, 0.29) is 5.02 Å². The maximum atomic E-state index is 13.7. The molecule has 0 radical (unpaired) electrons. The van der Waals surface area contributed by atoms with Crippen LogP contribution >= 0.6 is 11.6 Å². The number of unbranched alkanes of at least 4 members (excludes halogenated alkanes) is 1. The first-order valence-corrected chi connectivity index (χ1v) is 7.48. The number of rotatable bonds is 7. The second kappa shape index (κ2) is 7.89. The number of hydrogen-bond acceptors (Lipinski definition) is 2. The zero-order chi connectivity index (χ0) is 15.1. The fraction of sp³-hybridized carbons (Fsp3) is 0.294. The maximum absolute atomic E-state index is 13.7. The van der Waals surface area contributed by atoms with Gasteiger partial charge in [-0.1, -0.05) is 43.1 Å². The van der Waals surface area contributed by atoms with Crippen molar-refractivity contribution < 1.29 is 9.13 Å². The van der Waals surface area contributed by atoms with Gasteiger partial charge in [0.25, 0.3) is 0 Å². The van der Waals surface area contributed by atoms with E-state index in [2.05, 4.69) is 12.2 Å². The van der Waals surface area contributed by atoms with E-state index in [1.807, 2.05) is 24.3 Å². The van der Waals surface area contributed by atoms with Crippen LogP contribution < -0.4 is 10.1 Å². The van der Waals surface area contributed by atoms with Crippen molar-refractivity contribution in [2.24, 2.45) is 0 Å². The Hall–Kier alpha value is -1.74. The first-order valence-electron chi connectivity index (χ1n) is 7.10. The third kappa shape index (κ3) is 4.64. The summed E-state index contributed by atoms with van der Waals surface area (Å²) in [6.07, 6.45) is 2.17. The predicted molar refractivity (Wildman–Crippen MR) is 85.6 cm³/mol. The summed E-state index contributed by atoms with van der Waals surface area (Å²) in [5.74, 6) is 0.444. The highest BCUT2D eigenvalue weighted by Crippen LogP contribution is 2.22. The van der Waals surface area contributed by atoms with Gasteiger partial charge in [-0.2, -0.15) is 0 Å². The van der Waals surface area contributed by atoms with Gasteiger partial charge < -0.3 is 10.1 Å². The highest BCUT2D eigenvalue weighted by molar-refractivity contribution is 6.31. The van der Waals surface area contributed by atoms with Gasteiger partial charge in [0.1, 0.15) is 5.75 Å². The normalized spacial score (nSPS) is 10.4. The first-order chi connectivity index (χ1) is 10.2. The summed E-state index contributed by atoms with van der Waals surface area (Å²) >= 11 is 5.75. The summed E-state index contributed by atoms with van der Waals surface area (Å²) in [4.78, 5) is 0. The minimum absolute atomic E-state index is 0.125. The number of benzene rings is 2. The molecule has 0 aliphatic heterocycles. The smallest absolute Gasteiger partial charge is 0.164 e. The number of anilines is 1. The maximum Gasteiger partial charge on any atom is 0.164 e. The van der Waals surface area contributed by atoms with Gasteiger partial charge in [-0.3, -0.25) is 0 Å². The molecule has 0 atom stereocenters. The van der Waals surface area contributed by atoms with Crippen molar-refractivity contribution in [2.45, 2.75) is 26.3 Å². The van der Waals surface area contributed by atoms with Crippen molar-refractivity contribution in [2.75, 3.05) is 11.9 Å². The molecule has 0 heterocycles. The summed E-state index contributed by atoms with van der Waals surface area (Å²) < 4.78 is 19.3. The molecule has 0 saturated heterocycles. The van der Waals surface area contributed by atoms with E-state index in [1.165, 1.54) is 6.07 Å². The minimum atomic E-state index is -0.418. The number of hydrogen-bond donors (Lipinski definition) is 1. The molecule has 112 valence electrons. The molecule has 0 bridgehead atoms. The molecule has 4 heteroatoms. The molecular weight excluding hydrogens is 289 g/mol. The quantitative estimate of drug-likeness (QED) is 0.704. The lowest BCUT2D eigenvalue weighted by molar-refractivity contribution is 0.309. The molecule has 0 amide bonds. The molecule has 21 heavy (non-hydrogen) atoms. The molecule has 2 aromatic rings. The van der Waals surface area contributed by atoms with Gasteiger partial charge in [0.05, 0.1) is 17.3 Å². The van der Waals surface area contributed by atoms with Gasteiger partial charge in [-0.25, -0.2) is 4.39 Å². The van der Waals surface area contributed by atoms with E-state index in [0.717, 1.165) is 30.8 Å². The standard InChI is InChI=1S/C17H19ClFNO/c1-2-3-11-21-14-9-7-13(8-10-14)12-20-16-6-4-5-15(18)17(16)19/h4-10,20H,2-3,11-12H2,1H3. The Morgan fingerprint density at radius 2 is 1.90 bits per heavy atom. The van der Waals surface area contributed by atoms with Gasteiger partial charge in [0, 0.05) is 6.54 Å². The van der Waals surface area contributed by atoms with Gasteiger partial charge in [0.2, 0.25) is 0 Å². The Morgan fingerprint density at radius 3 is 2.62 bits per heavy atom. The van der Waals surface area contributed by atoms with Crippen molar-refractivity contribution in [3.8, 4) is 5.75 Å². The van der Waals surface area contributed by atoms with Crippen molar-refractivity contribution in [1.29, 1.82) is 0 Å². The van der Waals surface area contributed by atoms with Crippen LogP contribution in [0.5, 0.6) is 5.75 Å². The molecule has 0 aliphatic rings. The molecule has 2 aromatic carbocycles. The van der Waals surface area contributed by atoms with Crippen LogP contribution in [0.4, 0.5) is 10.1 Å². The first kappa shape index (κ1) is 15.6. The Morgan fingerprint density at radius 1 is 1.14 bits per heavy atom. The minimum Gasteiger partial charge on any atom is -0.494 e. The van der Waals surface area contributed by atoms with Gasteiger partial charge >= 0.3 is 0 Å². The van der Waals surface area contributed by atoms with Crippen molar-refractivity contribution in [3.05, 3.63) is 58.9 Å². The van der Waals surface area contributed by atoms with Gasteiger partial charge in [-0.05, 0) is 36.2 Å². The molecule has 0 spiro atoms. The Kier molecular flexibility index (Phi) is 5.88. The Labute approximate surface area is 129 Å². The molecule has 0 unspecified atom stereocenters. The zero-order valence-electron chi connectivity index (χ0n) is 12.0. The van der Waals surface area contributed by atoms with Crippen molar-refractivity contribution in [1.82, 2.24) is 0 Å². The second-order valence-electron chi connectivity index (χ2n) is 4.80. The van der Waals surface area contributed by atoms with Crippen molar-refractivity contribution >= 4 is 17.3 Å². The van der Waals surface area contributed by atoms with Crippen LogP contribution in [0.15, 0.2) is 42.5 Å². The van der Waals surface area contributed by atoms with E-state index in [9.17, 15) is 4.39 Å². The van der Waals surface area contributed by atoms with Crippen LogP contribution in [0, 0.1) is 5.82 Å². The van der Waals surface area contributed by atoms with Crippen LogP contribution in [0.2, 0.25) is 5.02 Å². The van der Waals surface area contributed by atoms with Crippen molar-refractivity contribution in [3.63, 3.8) is 0 Å². The summed E-state index contributed by atoms with van der Waals surface area (Å²) in [7, 11) is 0. The zero-order valence-corrected chi connectivity index (χ0v) is 12.8. The summed E-state index contributed by atoms with van der Waals surface area (Å²) in [5.41, 5.74) is 1.46. The lowest BCUT2D eigenvalue weighted by Crippen LogP contribution is -2.02. The van der Waals surface area contributed by atoms with E-state index in [0.29, 0.717) is 12.2 Å². The SMILES string of the molecule is CCCCOc1ccc(CNc2cccc(Cl)c2F)cc1. The number of nitrogens with one attached hydrogen (secondary N) is 1. The van der Waals surface area contributed by atoms with E-state index in [4.69, 9.17) is 16.3 Å². The van der Waals surface area contributed by atoms with Crippen LogP contribution in [-0.2, 0) is 6.54 Å². The van der Waals surface area contributed by atoms with Crippen LogP contribution in [0.1, 0.15) is 25.3 Å². The Balaban J connectivity index is 1.90. The average molecular weight is 308 g/mol. The van der Waals surface area contributed by atoms with E-state index < -0.39 is 5.82 Å². The molecule has 1 N–H and O–H groups in total. The summed E-state index contributed by atoms with van der Waals surface area (Å²) in [6.45, 7) is 3.40. The molecular formula is C17H19ClFNO. The fourth-order valence-electron chi connectivity index (χ4n) is 1.88. The van der Waals surface area contributed by atoms with E-state index in [1.54, 1.807) is 12.1 Å². The monoisotopic (exact) mass is 307 g/mol. The average Bonchev–Trinajstić information content (AvgIpc) is 2.50. The van der Waals surface area contributed by atoms with Crippen LogP contribution in [-0.4, -0.2) is 6.61 Å². The highest BCUT2D eigenvalue weighted by atomic mass is 35.5. The molecule has 0 aliphatic carbocycles. The molecule has 2 nitrogen and oxygen atoms in total. The lowest BCUT2D eigenvalue weighted by Gasteiger charge is -2.09. The number of halogens is 2. The largest absolute Gasteiger partial charge is 0.494 e. The predicted octanol–water partition coefficient (Wildman–Crippen LogP) is 5.27. The molecule has 2 rings (SSSR count). The topological polar surface area (TPSA) is 21.3 Å². The Bertz CT molecular complexity index is 572. The van der Waals surface area contributed by atoms with Crippen LogP contribution in [0.25, 0.3) is 0 Å². The lowest BCUT2D eigenvalue weighted by atomic mass is 10.2. The second-order valence-corrected chi connectivity index (χ2v) is 5.21. The summed E-state index contributed by atoms with van der Waals surface area (Å²) in [6, 6.07) is 12.7. The number of ether oxygens (including phenoxy) is 1. The summed E-state index contributed by atoms with van der Waals surface area (Å²) in [5, 5.41) is 3.17. The molecule has 0 fully saturated rings. The third-order valence-corrected chi connectivity index (χ3v) is 3.42. The molecule has 0 aromatic heterocycles. The molecule has 0 saturated carbocycles. The van der Waals surface area contributed by atoms with Gasteiger partial charge in [0.15, 0.2) is 5.82 Å². The third-order valence-electron chi connectivity index (χ3n) is 3.12. The highest BCUT2D eigenvalue weighted by Gasteiger charge is 2.05. The fourth-order valence-corrected chi connectivity index (χ4v) is 2.05. The van der Waals surface area contributed by atoms with Gasteiger partial charge in [-0.15, -0.1) is 0 Å².